The summed E-state index contributed by atoms with van der Waals surface area (Å²) >= 11 is 0. The molecule has 0 atom stereocenters. The van der Waals surface area contributed by atoms with Crippen molar-refractivity contribution < 1.29 is 4.74 Å². The minimum Gasteiger partial charge on any atom is -0.372 e. The lowest BCUT2D eigenvalue weighted by molar-refractivity contribution is -0.0281. The average Bonchev–Trinajstić information content (AvgIpc) is 3.00. The zero-order chi connectivity index (χ0) is 14.9. The first kappa shape index (κ1) is 13.7. The molecule has 2 aromatic rings. The average molecular weight is 290 g/mol. The molecule has 0 aromatic carbocycles. The minimum absolute atomic E-state index is 0.240. The number of hydrazine groups is 1. The number of hydrogen-bond acceptors (Lipinski definition) is 8. The van der Waals surface area contributed by atoms with Gasteiger partial charge in [-0.25, -0.2) is 10.8 Å². The lowest BCUT2D eigenvalue weighted by atomic mass is 10.1. The highest BCUT2D eigenvalue weighted by atomic mass is 16.5. The molecule has 3 N–H and O–H groups in total. The van der Waals surface area contributed by atoms with E-state index in [4.69, 9.17) is 10.6 Å². The number of ether oxygens (including phenoxy) is 1. The summed E-state index contributed by atoms with van der Waals surface area (Å²) in [7, 11) is 0. The summed E-state index contributed by atoms with van der Waals surface area (Å²) < 4.78 is 7.41. The molecule has 21 heavy (non-hydrogen) atoms. The fourth-order valence-corrected chi connectivity index (χ4v) is 2.24. The Morgan fingerprint density at radius 1 is 1.29 bits per heavy atom. The van der Waals surface area contributed by atoms with Gasteiger partial charge in [-0.2, -0.15) is 15.0 Å². The second-order valence-electron chi connectivity index (χ2n) is 5.40. The molecule has 112 valence electrons. The number of aromatic nitrogens is 5. The molecule has 0 unspecified atom stereocenters. The Bertz CT molecular complexity index is 612. The zero-order valence-corrected chi connectivity index (χ0v) is 12.0. The maximum absolute atomic E-state index is 5.71. The number of imidazole rings is 1. The van der Waals surface area contributed by atoms with Gasteiger partial charge in [0.1, 0.15) is 6.33 Å². The van der Waals surface area contributed by atoms with Gasteiger partial charge in [-0.1, -0.05) is 0 Å². The van der Waals surface area contributed by atoms with Crippen molar-refractivity contribution in [3.8, 4) is 5.95 Å². The summed E-state index contributed by atoms with van der Waals surface area (Å²) in [6, 6.07) is 0. The van der Waals surface area contributed by atoms with Crippen LogP contribution >= 0.6 is 0 Å². The molecule has 1 aliphatic heterocycles. The van der Waals surface area contributed by atoms with Crippen molar-refractivity contribution in [1.29, 1.82) is 0 Å². The van der Waals surface area contributed by atoms with Crippen molar-refractivity contribution in [3.63, 3.8) is 0 Å². The van der Waals surface area contributed by atoms with Gasteiger partial charge in [0.2, 0.25) is 17.8 Å². The van der Waals surface area contributed by atoms with Crippen LogP contribution in [0.15, 0.2) is 18.7 Å². The number of hydrogen-bond donors (Lipinski definition) is 2. The van der Waals surface area contributed by atoms with E-state index in [1.165, 1.54) is 0 Å². The molecular formula is C12H18N8O. The second kappa shape index (κ2) is 5.26. The van der Waals surface area contributed by atoms with Crippen molar-refractivity contribution in [1.82, 2.24) is 24.5 Å². The van der Waals surface area contributed by atoms with E-state index in [9.17, 15) is 0 Å². The molecule has 0 aliphatic carbocycles. The number of anilines is 2. The van der Waals surface area contributed by atoms with Gasteiger partial charge in [0.25, 0.3) is 0 Å². The Morgan fingerprint density at radius 2 is 2.10 bits per heavy atom. The molecule has 0 saturated carbocycles. The summed E-state index contributed by atoms with van der Waals surface area (Å²) in [5.41, 5.74) is 2.24. The first-order valence-corrected chi connectivity index (χ1v) is 6.67. The molecular weight excluding hydrogens is 272 g/mol. The van der Waals surface area contributed by atoms with Gasteiger partial charge in [-0.3, -0.25) is 9.99 Å². The fraction of sp³-hybridized carbons (Fsp3) is 0.500. The third-order valence-corrected chi connectivity index (χ3v) is 3.18. The predicted octanol–water partition coefficient (Wildman–Crippen LogP) is -0.0419. The molecule has 0 bridgehead atoms. The lowest BCUT2D eigenvalue weighted by Crippen LogP contribution is -2.49. The van der Waals surface area contributed by atoms with Gasteiger partial charge in [0, 0.05) is 25.5 Å². The van der Waals surface area contributed by atoms with E-state index in [0.717, 1.165) is 6.54 Å². The maximum atomic E-state index is 5.71. The van der Waals surface area contributed by atoms with Crippen molar-refractivity contribution >= 4 is 11.9 Å². The first-order chi connectivity index (χ1) is 10.1. The number of nitrogens with one attached hydrogen (secondary N) is 1. The lowest BCUT2D eigenvalue weighted by Gasteiger charge is -2.38. The van der Waals surface area contributed by atoms with E-state index >= 15 is 0 Å². The van der Waals surface area contributed by atoms with Crippen LogP contribution in [0.1, 0.15) is 13.8 Å². The largest absolute Gasteiger partial charge is 0.372 e. The van der Waals surface area contributed by atoms with Crippen LogP contribution in [0.5, 0.6) is 0 Å². The fourth-order valence-electron chi connectivity index (χ4n) is 2.24. The van der Waals surface area contributed by atoms with Crippen LogP contribution in [0.25, 0.3) is 5.95 Å². The predicted molar refractivity (Wildman–Crippen MR) is 77.0 cm³/mol. The van der Waals surface area contributed by atoms with Gasteiger partial charge in [0.15, 0.2) is 0 Å². The smallest absolute Gasteiger partial charge is 0.243 e. The van der Waals surface area contributed by atoms with Gasteiger partial charge < -0.3 is 9.64 Å². The number of nitrogen functional groups attached to an aromatic ring is 1. The van der Waals surface area contributed by atoms with Gasteiger partial charge in [-0.15, -0.1) is 0 Å². The Balaban J connectivity index is 1.96. The van der Waals surface area contributed by atoms with Crippen molar-refractivity contribution in [2.75, 3.05) is 30.0 Å². The zero-order valence-electron chi connectivity index (χ0n) is 12.0. The van der Waals surface area contributed by atoms with Gasteiger partial charge in [0.05, 0.1) is 12.2 Å². The minimum atomic E-state index is -0.240. The summed E-state index contributed by atoms with van der Waals surface area (Å²) in [6.45, 7) is 6.13. The highest BCUT2D eigenvalue weighted by molar-refractivity contribution is 5.40. The SMILES string of the molecule is CC1(C)CN(c2nc(NN)nc(-n3ccnc3)n2)CCO1. The van der Waals surface area contributed by atoms with E-state index in [-0.39, 0.29) is 5.60 Å². The van der Waals surface area contributed by atoms with Crippen molar-refractivity contribution in [3.05, 3.63) is 18.7 Å². The van der Waals surface area contributed by atoms with Crippen LogP contribution in [0, 0.1) is 0 Å². The molecule has 1 aliphatic rings. The molecule has 9 nitrogen and oxygen atoms in total. The Kier molecular flexibility index (Phi) is 3.43. The number of nitrogens with zero attached hydrogens (tertiary/aromatic N) is 6. The molecule has 2 aromatic heterocycles. The summed E-state index contributed by atoms with van der Waals surface area (Å²) in [5.74, 6) is 6.80. The van der Waals surface area contributed by atoms with Crippen LogP contribution in [-0.2, 0) is 4.74 Å². The second-order valence-corrected chi connectivity index (χ2v) is 5.40. The van der Waals surface area contributed by atoms with Crippen LogP contribution in [0.2, 0.25) is 0 Å². The van der Waals surface area contributed by atoms with E-state index in [1.54, 1.807) is 23.3 Å². The van der Waals surface area contributed by atoms with E-state index in [1.807, 2.05) is 13.8 Å². The number of morpholine rings is 1. The monoisotopic (exact) mass is 290 g/mol. The van der Waals surface area contributed by atoms with E-state index in [2.05, 4.69) is 30.3 Å². The van der Waals surface area contributed by atoms with Crippen LogP contribution < -0.4 is 16.2 Å². The van der Waals surface area contributed by atoms with E-state index in [0.29, 0.717) is 31.0 Å². The topological polar surface area (TPSA) is 107 Å². The highest BCUT2D eigenvalue weighted by Gasteiger charge is 2.29. The van der Waals surface area contributed by atoms with Gasteiger partial charge >= 0.3 is 0 Å². The summed E-state index contributed by atoms with van der Waals surface area (Å²) in [6.07, 6.45) is 5.06. The normalized spacial score (nSPS) is 17.8. The molecule has 0 spiro atoms. The van der Waals surface area contributed by atoms with Crippen LogP contribution in [0.3, 0.4) is 0 Å². The van der Waals surface area contributed by atoms with E-state index < -0.39 is 0 Å². The third kappa shape index (κ3) is 2.93. The summed E-state index contributed by atoms with van der Waals surface area (Å²) in [5, 5.41) is 0. The molecule has 0 amide bonds. The van der Waals surface area contributed by atoms with Crippen molar-refractivity contribution in [2.45, 2.75) is 19.4 Å². The van der Waals surface area contributed by atoms with Crippen molar-refractivity contribution in [2.24, 2.45) is 5.84 Å². The number of rotatable bonds is 3. The molecule has 3 rings (SSSR count). The maximum Gasteiger partial charge on any atom is 0.243 e. The molecule has 3 heterocycles. The quantitative estimate of drug-likeness (QED) is 0.599. The van der Waals surface area contributed by atoms with Gasteiger partial charge in [-0.05, 0) is 13.8 Å². The van der Waals surface area contributed by atoms with Crippen LogP contribution in [-0.4, -0.2) is 49.8 Å². The van der Waals surface area contributed by atoms with Crippen LogP contribution in [0.4, 0.5) is 11.9 Å². The Morgan fingerprint density at radius 3 is 2.76 bits per heavy atom. The first-order valence-electron chi connectivity index (χ1n) is 6.67. The Labute approximate surface area is 122 Å². The molecule has 9 heteroatoms. The Hall–Kier alpha value is -2.26. The molecule has 0 radical (unpaired) electrons. The summed E-state index contributed by atoms with van der Waals surface area (Å²) in [4.78, 5) is 19.1. The number of nitrogens with two attached hydrogens (primary N) is 1. The molecule has 1 saturated heterocycles. The highest BCUT2D eigenvalue weighted by Crippen LogP contribution is 2.21. The standard InChI is InChI=1S/C12H18N8O/c1-12(2)7-19(5-6-21-12)10-15-9(18-13)16-11(17-10)20-4-3-14-8-20/h3-4,8H,5-7,13H2,1-2H3,(H,15,16,17,18). The molecule has 1 fully saturated rings. The third-order valence-electron chi connectivity index (χ3n) is 3.18.